The van der Waals surface area contributed by atoms with Gasteiger partial charge in [0.2, 0.25) is 0 Å². The molecule has 26 heavy (non-hydrogen) atoms. The number of amides is 1. The minimum absolute atomic E-state index is 0.117. The fraction of sp³-hybridized carbons (Fsp3) is 0.562. The average molecular weight is 385 g/mol. The highest BCUT2D eigenvalue weighted by Gasteiger charge is 2.41. The smallest absolute Gasteiger partial charge is 0.444 e. The number of likely N-dealkylation sites (tertiary alicyclic amines) is 1. The molecule has 1 aromatic carbocycles. The van der Waals surface area contributed by atoms with E-state index in [0.717, 1.165) is 6.07 Å². The molecule has 0 unspecified atom stereocenters. The maximum absolute atomic E-state index is 13.0. The summed E-state index contributed by atoms with van der Waals surface area (Å²) in [5.41, 5.74) is -2.04. The molecule has 0 bridgehead atoms. The van der Waals surface area contributed by atoms with Gasteiger partial charge in [-0.3, -0.25) is 0 Å². The molecule has 146 valence electrons. The zero-order valence-corrected chi connectivity index (χ0v) is 14.2. The molecule has 10 heteroatoms. The van der Waals surface area contributed by atoms with Gasteiger partial charge in [0, 0.05) is 19.0 Å². The van der Waals surface area contributed by atoms with Crippen molar-refractivity contribution >= 4 is 6.09 Å². The normalized spacial score (nSPS) is 16.3. The van der Waals surface area contributed by atoms with Crippen LogP contribution in [0, 0.1) is 0 Å². The van der Waals surface area contributed by atoms with Gasteiger partial charge in [0.15, 0.2) is 0 Å². The third kappa shape index (κ3) is 5.18. The molecule has 1 amide bonds. The van der Waals surface area contributed by atoms with Gasteiger partial charge >= 0.3 is 18.6 Å². The summed E-state index contributed by atoms with van der Waals surface area (Å²) in [5.74, 6) is -1.74. The number of carbonyl (C=O) groups is 1. The van der Waals surface area contributed by atoms with Crippen LogP contribution in [0.4, 0.5) is 31.1 Å². The fourth-order valence-corrected chi connectivity index (χ4v) is 2.40. The van der Waals surface area contributed by atoms with Crippen LogP contribution in [0.15, 0.2) is 18.2 Å². The second-order valence-corrected chi connectivity index (χ2v) is 6.88. The number of alkyl halides is 6. The lowest BCUT2D eigenvalue weighted by atomic mass is 9.90. The maximum Gasteiger partial charge on any atom is 0.573 e. The summed E-state index contributed by atoms with van der Waals surface area (Å²) in [6.45, 7) is 5.27. The molecule has 1 aliphatic rings. The Kier molecular flexibility index (Phi) is 5.08. The molecule has 0 aliphatic carbocycles. The van der Waals surface area contributed by atoms with Crippen LogP contribution in [-0.2, 0) is 10.9 Å². The summed E-state index contributed by atoms with van der Waals surface area (Å²) < 4.78 is 84.6. The van der Waals surface area contributed by atoms with E-state index in [-0.39, 0.29) is 18.7 Å². The van der Waals surface area contributed by atoms with Crippen LogP contribution in [0.25, 0.3) is 0 Å². The van der Waals surface area contributed by atoms with Crippen LogP contribution in [0.5, 0.6) is 5.75 Å². The van der Waals surface area contributed by atoms with Crippen LogP contribution >= 0.6 is 0 Å². The van der Waals surface area contributed by atoms with Crippen molar-refractivity contribution in [2.45, 2.75) is 44.8 Å². The van der Waals surface area contributed by atoms with Gasteiger partial charge in [-0.15, -0.1) is 13.2 Å². The SMILES string of the molecule is CC(C)(C)OC(=O)N1CC(c2ccc(OC(F)(F)F)c(C(F)(F)F)c2)C1. The van der Waals surface area contributed by atoms with Crippen LogP contribution in [0.3, 0.4) is 0 Å². The highest BCUT2D eigenvalue weighted by Crippen LogP contribution is 2.41. The van der Waals surface area contributed by atoms with Gasteiger partial charge in [-0.2, -0.15) is 13.2 Å². The number of carbonyl (C=O) groups excluding carboxylic acids is 1. The van der Waals surface area contributed by atoms with Gasteiger partial charge < -0.3 is 14.4 Å². The van der Waals surface area contributed by atoms with Crippen molar-refractivity contribution in [2.75, 3.05) is 13.1 Å². The minimum Gasteiger partial charge on any atom is -0.444 e. The third-order valence-corrected chi connectivity index (χ3v) is 3.54. The van der Waals surface area contributed by atoms with Gasteiger partial charge in [-0.05, 0) is 38.5 Å². The molecule has 2 rings (SSSR count). The van der Waals surface area contributed by atoms with Gasteiger partial charge in [-0.1, -0.05) is 6.07 Å². The van der Waals surface area contributed by atoms with Crippen LogP contribution in [0.2, 0.25) is 0 Å². The second-order valence-electron chi connectivity index (χ2n) is 6.88. The highest BCUT2D eigenvalue weighted by molar-refractivity contribution is 5.69. The van der Waals surface area contributed by atoms with Gasteiger partial charge in [0.1, 0.15) is 11.4 Å². The van der Waals surface area contributed by atoms with E-state index < -0.39 is 41.5 Å². The van der Waals surface area contributed by atoms with Crippen molar-refractivity contribution < 1.29 is 40.6 Å². The number of hydrogen-bond donors (Lipinski definition) is 0. The van der Waals surface area contributed by atoms with Crippen molar-refractivity contribution in [3.8, 4) is 5.75 Å². The van der Waals surface area contributed by atoms with E-state index in [9.17, 15) is 31.1 Å². The summed E-state index contributed by atoms with van der Waals surface area (Å²) >= 11 is 0. The summed E-state index contributed by atoms with van der Waals surface area (Å²) in [4.78, 5) is 13.1. The Morgan fingerprint density at radius 1 is 1.08 bits per heavy atom. The Labute approximate surface area is 145 Å². The summed E-state index contributed by atoms with van der Waals surface area (Å²) in [6.07, 6.45) is -10.8. The monoisotopic (exact) mass is 385 g/mol. The predicted octanol–water partition coefficient (Wildman–Crippen LogP) is 4.94. The van der Waals surface area contributed by atoms with E-state index in [1.807, 2.05) is 0 Å². The minimum atomic E-state index is -5.23. The Balaban J connectivity index is 2.14. The molecule has 4 nitrogen and oxygen atoms in total. The molecule has 1 heterocycles. The standard InChI is InChI=1S/C16H17F6NO3/c1-14(2,3)26-13(24)23-7-10(8-23)9-4-5-12(25-16(20,21)22)11(6-9)15(17,18)19/h4-6,10H,7-8H2,1-3H3. The Bertz CT molecular complexity index is 672. The summed E-state index contributed by atoms with van der Waals surface area (Å²) in [6, 6.07) is 2.40. The van der Waals surface area contributed by atoms with Crippen molar-refractivity contribution in [3.05, 3.63) is 29.3 Å². The molecular formula is C16H17F6NO3. The van der Waals surface area contributed by atoms with E-state index in [0.29, 0.717) is 12.1 Å². The van der Waals surface area contributed by atoms with E-state index in [1.54, 1.807) is 20.8 Å². The molecule has 1 aliphatic heterocycles. The van der Waals surface area contributed by atoms with Gasteiger partial charge in [0.25, 0.3) is 0 Å². The molecule has 0 radical (unpaired) electrons. The van der Waals surface area contributed by atoms with Crippen LogP contribution in [-0.4, -0.2) is 36.0 Å². The largest absolute Gasteiger partial charge is 0.573 e. The predicted molar refractivity (Wildman–Crippen MR) is 78.7 cm³/mol. The first-order valence-electron chi connectivity index (χ1n) is 7.60. The quantitative estimate of drug-likeness (QED) is 0.677. The van der Waals surface area contributed by atoms with E-state index in [1.165, 1.54) is 4.90 Å². The zero-order valence-electron chi connectivity index (χ0n) is 14.2. The Morgan fingerprint density at radius 3 is 2.12 bits per heavy atom. The topological polar surface area (TPSA) is 38.8 Å². The molecule has 1 aromatic rings. The number of nitrogens with zero attached hydrogens (tertiary/aromatic N) is 1. The first kappa shape index (κ1) is 20.2. The molecule has 0 spiro atoms. The van der Waals surface area contributed by atoms with Crippen molar-refractivity contribution in [1.82, 2.24) is 4.90 Å². The van der Waals surface area contributed by atoms with Crippen molar-refractivity contribution in [1.29, 1.82) is 0 Å². The highest BCUT2D eigenvalue weighted by atomic mass is 19.4. The molecule has 0 atom stereocenters. The Morgan fingerprint density at radius 2 is 1.65 bits per heavy atom. The first-order valence-corrected chi connectivity index (χ1v) is 7.60. The number of ether oxygens (including phenoxy) is 2. The van der Waals surface area contributed by atoms with Gasteiger partial charge in [0.05, 0.1) is 5.56 Å². The molecule has 0 saturated carbocycles. The number of halogens is 6. The summed E-state index contributed by atoms with van der Waals surface area (Å²) in [7, 11) is 0. The van der Waals surface area contributed by atoms with Crippen molar-refractivity contribution in [3.63, 3.8) is 0 Å². The second kappa shape index (κ2) is 6.55. The lowest BCUT2D eigenvalue weighted by Crippen LogP contribution is -2.50. The average Bonchev–Trinajstić information content (AvgIpc) is 2.33. The maximum atomic E-state index is 13.0. The zero-order chi connectivity index (χ0) is 19.9. The third-order valence-electron chi connectivity index (χ3n) is 3.54. The van der Waals surface area contributed by atoms with Gasteiger partial charge in [-0.25, -0.2) is 4.79 Å². The molecular weight excluding hydrogens is 368 g/mol. The molecule has 0 N–H and O–H groups in total. The molecule has 1 saturated heterocycles. The fourth-order valence-electron chi connectivity index (χ4n) is 2.40. The van der Waals surface area contributed by atoms with Crippen LogP contribution in [0.1, 0.15) is 37.8 Å². The molecule has 1 fully saturated rings. The molecule has 0 aromatic heterocycles. The Hall–Kier alpha value is -2.13. The number of rotatable bonds is 2. The van der Waals surface area contributed by atoms with E-state index >= 15 is 0 Å². The summed E-state index contributed by atoms with van der Waals surface area (Å²) in [5, 5.41) is 0. The number of hydrogen-bond acceptors (Lipinski definition) is 3. The lowest BCUT2D eigenvalue weighted by molar-refractivity contribution is -0.276. The van der Waals surface area contributed by atoms with Crippen LogP contribution < -0.4 is 4.74 Å². The first-order chi connectivity index (χ1) is 11.7. The van der Waals surface area contributed by atoms with E-state index in [2.05, 4.69) is 4.74 Å². The van der Waals surface area contributed by atoms with Crippen molar-refractivity contribution in [2.24, 2.45) is 0 Å². The number of benzene rings is 1. The van der Waals surface area contributed by atoms with E-state index in [4.69, 9.17) is 4.74 Å². The lowest BCUT2D eigenvalue weighted by Gasteiger charge is -2.40.